The van der Waals surface area contributed by atoms with Crippen LogP contribution in [0.2, 0.25) is 0 Å². The average molecular weight is 494 g/mol. The SMILES string of the molecule is Cn1ccnc1-c1sc(NC(=O)c2cccc(S(=O)(=O)N3CCCC3)c2)nc1-c1ccccc1. The van der Waals surface area contributed by atoms with Gasteiger partial charge < -0.3 is 4.57 Å². The van der Waals surface area contributed by atoms with Crippen LogP contribution < -0.4 is 5.32 Å². The van der Waals surface area contributed by atoms with Crippen LogP contribution >= 0.6 is 11.3 Å². The molecule has 0 unspecified atom stereocenters. The van der Waals surface area contributed by atoms with Crippen LogP contribution in [-0.2, 0) is 17.1 Å². The van der Waals surface area contributed by atoms with Gasteiger partial charge in [0.2, 0.25) is 10.0 Å². The quantitative estimate of drug-likeness (QED) is 0.433. The van der Waals surface area contributed by atoms with E-state index >= 15 is 0 Å². The van der Waals surface area contributed by atoms with E-state index in [4.69, 9.17) is 0 Å². The first-order valence-corrected chi connectivity index (χ1v) is 13.1. The minimum Gasteiger partial charge on any atom is -0.333 e. The Bertz CT molecular complexity index is 1440. The molecule has 10 heteroatoms. The number of imidazole rings is 1. The zero-order chi connectivity index (χ0) is 23.7. The fourth-order valence-electron chi connectivity index (χ4n) is 3.95. The van der Waals surface area contributed by atoms with Crippen molar-refractivity contribution in [3.63, 3.8) is 0 Å². The summed E-state index contributed by atoms with van der Waals surface area (Å²) in [7, 11) is -1.71. The first-order valence-electron chi connectivity index (χ1n) is 10.9. The van der Waals surface area contributed by atoms with Crippen LogP contribution in [-0.4, -0.2) is 46.3 Å². The van der Waals surface area contributed by atoms with Crippen LogP contribution in [0.1, 0.15) is 23.2 Å². The van der Waals surface area contributed by atoms with Crippen molar-refractivity contribution in [2.24, 2.45) is 7.05 Å². The van der Waals surface area contributed by atoms with Crippen LogP contribution in [0.25, 0.3) is 22.0 Å². The van der Waals surface area contributed by atoms with Gasteiger partial charge in [-0.15, -0.1) is 0 Å². The largest absolute Gasteiger partial charge is 0.333 e. The lowest BCUT2D eigenvalue weighted by atomic mass is 10.1. The minimum atomic E-state index is -3.61. The lowest BCUT2D eigenvalue weighted by Gasteiger charge is -2.15. The van der Waals surface area contributed by atoms with Gasteiger partial charge >= 0.3 is 0 Å². The van der Waals surface area contributed by atoms with Crippen molar-refractivity contribution >= 4 is 32.4 Å². The van der Waals surface area contributed by atoms with E-state index in [0.717, 1.165) is 34.8 Å². The minimum absolute atomic E-state index is 0.125. The van der Waals surface area contributed by atoms with Crippen molar-refractivity contribution in [3.8, 4) is 22.0 Å². The number of thiazole rings is 1. The van der Waals surface area contributed by atoms with Crippen LogP contribution in [0.3, 0.4) is 0 Å². The molecule has 4 aromatic rings. The molecule has 1 aliphatic rings. The first kappa shape index (κ1) is 22.5. The number of benzene rings is 2. The standard InChI is InChI=1S/C24H23N5O3S2/c1-28-15-12-25-22(28)21-20(17-8-3-2-4-9-17)26-24(33-21)27-23(30)18-10-7-11-19(16-18)34(31,32)29-13-5-6-14-29/h2-4,7-12,15-16H,5-6,13-14H2,1H3,(H,26,27,30). The molecule has 0 saturated carbocycles. The summed E-state index contributed by atoms with van der Waals surface area (Å²) < 4.78 is 29.2. The summed E-state index contributed by atoms with van der Waals surface area (Å²) in [4.78, 5) is 23.1. The lowest BCUT2D eigenvalue weighted by molar-refractivity contribution is 0.102. The van der Waals surface area contributed by atoms with Gasteiger partial charge in [0.15, 0.2) is 11.0 Å². The molecule has 1 N–H and O–H groups in total. The second kappa shape index (κ2) is 9.13. The molecule has 0 spiro atoms. The second-order valence-electron chi connectivity index (χ2n) is 8.02. The van der Waals surface area contributed by atoms with Gasteiger partial charge in [0.05, 0.1) is 15.5 Å². The summed E-state index contributed by atoms with van der Waals surface area (Å²) in [5, 5.41) is 3.25. The maximum atomic E-state index is 13.1. The summed E-state index contributed by atoms with van der Waals surface area (Å²) >= 11 is 1.33. The van der Waals surface area contributed by atoms with Gasteiger partial charge in [-0.1, -0.05) is 47.7 Å². The van der Waals surface area contributed by atoms with Gasteiger partial charge in [-0.05, 0) is 31.0 Å². The summed E-state index contributed by atoms with van der Waals surface area (Å²) in [5.41, 5.74) is 1.90. The molecule has 174 valence electrons. The number of carbonyl (C=O) groups is 1. The van der Waals surface area contributed by atoms with E-state index in [1.807, 2.05) is 48.1 Å². The Hall–Kier alpha value is -3.34. The molecular formula is C24H23N5O3S2. The van der Waals surface area contributed by atoms with E-state index in [0.29, 0.717) is 18.2 Å². The Morgan fingerprint density at radius 2 is 1.82 bits per heavy atom. The van der Waals surface area contributed by atoms with Gasteiger partial charge in [0, 0.05) is 43.7 Å². The van der Waals surface area contributed by atoms with Crippen LogP contribution in [0, 0.1) is 0 Å². The van der Waals surface area contributed by atoms with Crippen LogP contribution in [0.4, 0.5) is 5.13 Å². The van der Waals surface area contributed by atoms with Crippen LogP contribution in [0.5, 0.6) is 0 Å². The molecule has 1 aliphatic heterocycles. The molecule has 2 aromatic carbocycles. The molecule has 5 rings (SSSR count). The van der Waals surface area contributed by atoms with Crippen molar-refractivity contribution in [1.29, 1.82) is 0 Å². The van der Waals surface area contributed by atoms with E-state index < -0.39 is 15.9 Å². The third-order valence-corrected chi connectivity index (χ3v) is 8.58. The fourth-order valence-corrected chi connectivity index (χ4v) is 6.53. The Morgan fingerprint density at radius 3 is 2.53 bits per heavy atom. The molecule has 1 saturated heterocycles. The molecule has 34 heavy (non-hydrogen) atoms. The summed E-state index contributed by atoms with van der Waals surface area (Å²) in [6.45, 7) is 1.02. The number of sulfonamides is 1. The summed E-state index contributed by atoms with van der Waals surface area (Å²) in [5.74, 6) is 0.328. The molecular weight excluding hydrogens is 470 g/mol. The smallest absolute Gasteiger partial charge is 0.257 e. The molecule has 0 radical (unpaired) electrons. The highest BCUT2D eigenvalue weighted by molar-refractivity contribution is 7.89. The van der Waals surface area contributed by atoms with E-state index in [1.54, 1.807) is 18.3 Å². The number of aryl methyl sites for hydroxylation is 1. The maximum Gasteiger partial charge on any atom is 0.257 e. The number of carbonyl (C=O) groups excluding carboxylic acids is 1. The monoisotopic (exact) mass is 493 g/mol. The Balaban J connectivity index is 1.46. The lowest BCUT2D eigenvalue weighted by Crippen LogP contribution is -2.28. The van der Waals surface area contributed by atoms with Gasteiger partial charge in [-0.2, -0.15) is 4.31 Å². The molecule has 0 aliphatic carbocycles. The Labute approximate surface area is 202 Å². The number of nitrogens with zero attached hydrogens (tertiary/aromatic N) is 4. The number of aromatic nitrogens is 3. The number of rotatable bonds is 6. The normalized spacial score (nSPS) is 14.4. The second-order valence-corrected chi connectivity index (χ2v) is 11.0. The topological polar surface area (TPSA) is 97.2 Å². The molecule has 0 atom stereocenters. The summed E-state index contributed by atoms with van der Waals surface area (Å²) in [6.07, 6.45) is 5.28. The average Bonchev–Trinajstić information content (AvgIpc) is 3.61. The number of nitrogens with one attached hydrogen (secondary N) is 1. The van der Waals surface area contributed by atoms with E-state index in [1.165, 1.54) is 27.8 Å². The number of amides is 1. The van der Waals surface area contributed by atoms with Gasteiger partial charge in [0.1, 0.15) is 0 Å². The van der Waals surface area contributed by atoms with Gasteiger partial charge in [-0.25, -0.2) is 18.4 Å². The highest BCUT2D eigenvalue weighted by Crippen LogP contribution is 2.38. The van der Waals surface area contributed by atoms with Crippen molar-refractivity contribution in [1.82, 2.24) is 18.8 Å². The third kappa shape index (κ3) is 4.27. The van der Waals surface area contributed by atoms with Crippen molar-refractivity contribution < 1.29 is 13.2 Å². The zero-order valence-electron chi connectivity index (χ0n) is 18.5. The first-order chi connectivity index (χ1) is 16.4. The number of hydrogen-bond acceptors (Lipinski definition) is 6. The fraction of sp³-hybridized carbons (Fsp3) is 0.208. The van der Waals surface area contributed by atoms with Crippen LogP contribution in [0.15, 0.2) is 71.9 Å². The van der Waals surface area contributed by atoms with Crippen molar-refractivity contribution in [2.45, 2.75) is 17.7 Å². The van der Waals surface area contributed by atoms with E-state index in [2.05, 4.69) is 15.3 Å². The molecule has 8 nitrogen and oxygen atoms in total. The maximum absolute atomic E-state index is 13.1. The third-order valence-electron chi connectivity index (χ3n) is 5.72. The predicted octanol–water partition coefficient (Wildman–Crippen LogP) is 4.25. The van der Waals surface area contributed by atoms with E-state index in [-0.39, 0.29) is 10.5 Å². The Kier molecular flexibility index (Phi) is 6.03. The molecule has 0 bridgehead atoms. The molecule has 1 fully saturated rings. The van der Waals surface area contributed by atoms with Gasteiger partial charge in [-0.3, -0.25) is 10.1 Å². The zero-order valence-corrected chi connectivity index (χ0v) is 20.1. The molecule has 1 amide bonds. The van der Waals surface area contributed by atoms with Crippen molar-refractivity contribution in [3.05, 3.63) is 72.6 Å². The van der Waals surface area contributed by atoms with E-state index in [9.17, 15) is 13.2 Å². The highest BCUT2D eigenvalue weighted by Gasteiger charge is 2.28. The van der Waals surface area contributed by atoms with Crippen molar-refractivity contribution in [2.75, 3.05) is 18.4 Å². The highest BCUT2D eigenvalue weighted by atomic mass is 32.2. The predicted molar refractivity (Wildman–Crippen MR) is 132 cm³/mol. The molecule has 3 heterocycles. The summed E-state index contributed by atoms with van der Waals surface area (Å²) in [6, 6.07) is 15.9. The number of hydrogen-bond donors (Lipinski definition) is 1. The Morgan fingerprint density at radius 1 is 1.06 bits per heavy atom. The van der Waals surface area contributed by atoms with Gasteiger partial charge in [0.25, 0.3) is 5.91 Å². The number of anilines is 1. The molecule has 2 aromatic heterocycles.